The number of ether oxygens (including phenoxy) is 1. The van der Waals surface area contributed by atoms with Gasteiger partial charge in [-0.2, -0.15) is 0 Å². The number of benzene rings is 2. The van der Waals surface area contributed by atoms with Crippen LogP contribution in [0.4, 0.5) is 15.8 Å². The first-order valence-electron chi connectivity index (χ1n) is 5.99. The van der Waals surface area contributed by atoms with Gasteiger partial charge in [-0.05, 0) is 48.0 Å². The predicted octanol–water partition coefficient (Wildman–Crippen LogP) is 3.05. The number of methoxy groups -OCH3 is 1. The van der Waals surface area contributed by atoms with E-state index in [1.54, 1.807) is 19.2 Å². The summed E-state index contributed by atoms with van der Waals surface area (Å²) in [6.45, 7) is 0.634. The van der Waals surface area contributed by atoms with Crippen molar-refractivity contribution in [2.45, 2.75) is 6.54 Å². The quantitative estimate of drug-likeness (QED) is 0.859. The molecule has 2 rings (SSSR count). The summed E-state index contributed by atoms with van der Waals surface area (Å²) in [4.78, 5) is 2.00. The lowest BCUT2D eigenvalue weighted by molar-refractivity contribution is 0.414. The van der Waals surface area contributed by atoms with Crippen LogP contribution in [0.1, 0.15) is 5.56 Å². The molecule has 0 amide bonds. The van der Waals surface area contributed by atoms with Crippen molar-refractivity contribution in [1.29, 1.82) is 0 Å². The fourth-order valence-electron chi connectivity index (χ4n) is 1.89. The summed E-state index contributed by atoms with van der Waals surface area (Å²) in [7, 11) is 3.56. The van der Waals surface area contributed by atoms with E-state index in [0.29, 0.717) is 6.54 Å². The number of nitrogens with zero attached hydrogens (tertiary/aromatic N) is 1. The van der Waals surface area contributed by atoms with Gasteiger partial charge in [0.25, 0.3) is 0 Å². The van der Waals surface area contributed by atoms with Crippen molar-refractivity contribution < 1.29 is 9.13 Å². The summed E-state index contributed by atoms with van der Waals surface area (Å²) in [6, 6.07) is 11.9. The third-order valence-corrected chi connectivity index (χ3v) is 3.03. The van der Waals surface area contributed by atoms with Gasteiger partial charge in [-0.15, -0.1) is 0 Å². The van der Waals surface area contributed by atoms with Crippen molar-refractivity contribution in [1.82, 2.24) is 0 Å². The molecule has 0 aromatic heterocycles. The number of nitrogens with two attached hydrogens (primary N) is 1. The van der Waals surface area contributed by atoms with Gasteiger partial charge < -0.3 is 15.4 Å². The summed E-state index contributed by atoms with van der Waals surface area (Å²) >= 11 is 0. The summed E-state index contributed by atoms with van der Waals surface area (Å²) < 4.78 is 18.1. The van der Waals surface area contributed by atoms with E-state index in [0.717, 1.165) is 22.7 Å². The lowest BCUT2D eigenvalue weighted by Crippen LogP contribution is -2.17. The van der Waals surface area contributed by atoms with E-state index >= 15 is 0 Å². The molecule has 2 aromatic rings. The van der Waals surface area contributed by atoms with Crippen molar-refractivity contribution in [3.8, 4) is 5.75 Å². The monoisotopic (exact) mass is 260 g/mol. The van der Waals surface area contributed by atoms with Crippen LogP contribution in [0.25, 0.3) is 0 Å². The van der Waals surface area contributed by atoms with Crippen LogP contribution < -0.4 is 15.4 Å². The van der Waals surface area contributed by atoms with Gasteiger partial charge in [0.2, 0.25) is 0 Å². The first kappa shape index (κ1) is 13.2. The summed E-state index contributed by atoms with van der Waals surface area (Å²) in [5.74, 6) is 0.537. The molecule has 0 aliphatic heterocycles. The van der Waals surface area contributed by atoms with Gasteiger partial charge in [0.05, 0.1) is 7.11 Å². The van der Waals surface area contributed by atoms with Crippen LogP contribution in [0.5, 0.6) is 5.75 Å². The van der Waals surface area contributed by atoms with Gasteiger partial charge in [0.1, 0.15) is 11.6 Å². The highest BCUT2D eigenvalue weighted by Gasteiger charge is 2.06. The van der Waals surface area contributed by atoms with Crippen molar-refractivity contribution in [3.63, 3.8) is 0 Å². The average Bonchev–Trinajstić information content (AvgIpc) is 2.42. The topological polar surface area (TPSA) is 38.5 Å². The molecule has 0 heterocycles. The average molecular weight is 260 g/mol. The molecule has 0 unspecified atom stereocenters. The van der Waals surface area contributed by atoms with Crippen LogP contribution in [0.3, 0.4) is 0 Å². The molecule has 0 aliphatic carbocycles. The standard InChI is InChI=1S/C15H17FN2O/c1-18(13-5-3-12(16)4-6-13)10-11-9-14(19-2)7-8-15(11)17/h3-9H,10,17H2,1-2H3. The Morgan fingerprint density at radius 1 is 1.16 bits per heavy atom. The molecule has 0 fully saturated rings. The van der Waals surface area contributed by atoms with Crippen LogP contribution in [0.15, 0.2) is 42.5 Å². The first-order chi connectivity index (χ1) is 9.10. The van der Waals surface area contributed by atoms with Gasteiger partial charge in [-0.25, -0.2) is 4.39 Å². The minimum absolute atomic E-state index is 0.238. The zero-order chi connectivity index (χ0) is 13.8. The lowest BCUT2D eigenvalue weighted by atomic mass is 10.1. The maximum Gasteiger partial charge on any atom is 0.123 e. The Morgan fingerprint density at radius 3 is 2.47 bits per heavy atom. The summed E-state index contributed by atoms with van der Waals surface area (Å²) in [5.41, 5.74) is 8.58. The van der Waals surface area contributed by atoms with E-state index < -0.39 is 0 Å². The molecule has 2 N–H and O–H groups in total. The second-order valence-electron chi connectivity index (χ2n) is 4.40. The number of anilines is 2. The largest absolute Gasteiger partial charge is 0.497 e. The SMILES string of the molecule is COc1ccc(N)c(CN(C)c2ccc(F)cc2)c1. The van der Waals surface area contributed by atoms with Crippen molar-refractivity contribution in [3.05, 3.63) is 53.8 Å². The van der Waals surface area contributed by atoms with Gasteiger partial charge in [-0.1, -0.05) is 0 Å². The van der Waals surface area contributed by atoms with Gasteiger partial charge in [0, 0.05) is 25.0 Å². The van der Waals surface area contributed by atoms with E-state index in [1.807, 2.05) is 30.1 Å². The highest BCUT2D eigenvalue weighted by Crippen LogP contribution is 2.23. The van der Waals surface area contributed by atoms with Crippen molar-refractivity contribution >= 4 is 11.4 Å². The van der Waals surface area contributed by atoms with Crippen LogP contribution >= 0.6 is 0 Å². The second kappa shape index (κ2) is 5.61. The number of halogens is 1. The van der Waals surface area contributed by atoms with Gasteiger partial charge in [0.15, 0.2) is 0 Å². The highest BCUT2D eigenvalue weighted by molar-refractivity contribution is 5.54. The van der Waals surface area contributed by atoms with Crippen molar-refractivity contribution in [2.24, 2.45) is 0 Å². The zero-order valence-corrected chi connectivity index (χ0v) is 11.1. The van der Waals surface area contributed by atoms with Crippen LogP contribution in [0, 0.1) is 5.82 Å². The number of rotatable bonds is 4. The molecule has 19 heavy (non-hydrogen) atoms. The molecule has 0 bridgehead atoms. The molecular formula is C15H17FN2O. The molecule has 0 atom stereocenters. The van der Waals surface area contributed by atoms with Crippen LogP contribution in [0.2, 0.25) is 0 Å². The fourth-order valence-corrected chi connectivity index (χ4v) is 1.89. The minimum atomic E-state index is -0.238. The molecule has 0 radical (unpaired) electrons. The number of hydrogen-bond donors (Lipinski definition) is 1. The Labute approximate surface area is 112 Å². The molecule has 0 aliphatic rings. The van der Waals surface area contributed by atoms with E-state index in [-0.39, 0.29) is 5.82 Å². The normalized spacial score (nSPS) is 10.3. The first-order valence-corrected chi connectivity index (χ1v) is 5.99. The Kier molecular flexibility index (Phi) is 3.90. The summed E-state index contributed by atoms with van der Waals surface area (Å²) in [5, 5.41) is 0. The van der Waals surface area contributed by atoms with E-state index in [1.165, 1.54) is 12.1 Å². The smallest absolute Gasteiger partial charge is 0.123 e. The maximum atomic E-state index is 12.9. The lowest BCUT2D eigenvalue weighted by Gasteiger charge is -2.20. The van der Waals surface area contributed by atoms with E-state index in [4.69, 9.17) is 10.5 Å². The Hall–Kier alpha value is -2.23. The van der Waals surface area contributed by atoms with Gasteiger partial charge in [-0.3, -0.25) is 0 Å². The minimum Gasteiger partial charge on any atom is -0.497 e. The molecule has 0 saturated heterocycles. The van der Waals surface area contributed by atoms with Crippen LogP contribution in [-0.4, -0.2) is 14.2 Å². The predicted molar refractivity (Wildman–Crippen MR) is 75.9 cm³/mol. The maximum absolute atomic E-state index is 12.9. The van der Waals surface area contributed by atoms with Gasteiger partial charge >= 0.3 is 0 Å². The van der Waals surface area contributed by atoms with Crippen LogP contribution in [-0.2, 0) is 6.54 Å². The fraction of sp³-hybridized carbons (Fsp3) is 0.200. The second-order valence-corrected chi connectivity index (χ2v) is 4.40. The Balaban J connectivity index is 2.18. The molecular weight excluding hydrogens is 243 g/mol. The van der Waals surface area contributed by atoms with E-state index in [9.17, 15) is 4.39 Å². The number of hydrogen-bond acceptors (Lipinski definition) is 3. The van der Waals surface area contributed by atoms with Crippen molar-refractivity contribution in [2.75, 3.05) is 24.8 Å². The third kappa shape index (κ3) is 3.16. The summed E-state index contributed by atoms with van der Waals surface area (Å²) in [6.07, 6.45) is 0. The highest BCUT2D eigenvalue weighted by atomic mass is 19.1. The van der Waals surface area contributed by atoms with E-state index in [2.05, 4.69) is 0 Å². The molecule has 0 spiro atoms. The number of nitrogen functional groups attached to an aromatic ring is 1. The molecule has 100 valence electrons. The Morgan fingerprint density at radius 2 is 1.84 bits per heavy atom. The molecule has 2 aromatic carbocycles. The molecule has 0 saturated carbocycles. The third-order valence-electron chi connectivity index (χ3n) is 3.03. The zero-order valence-electron chi connectivity index (χ0n) is 11.1. The Bertz CT molecular complexity index is 555. The molecule has 3 nitrogen and oxygen atoms in total. The molecule has 4 heteroatoms.